The lowest BCUT2D eigenvalue weighted by molar-refractivity contribution is 0.317. The molecule has 100 valence electrons. The van der Waals surface area contributed by atoms with Crippen LogP contribution in [0.1, 0.15) is 39.0 Å². The van der Waals surface area contributed by atoms with Gasteiger partial charge in [0.2, 0.25) is 0 Å². The molecule has 1 aromatic rings. The van der Waals surface area contributed by atoms with Crippen LogP contribution >= 0.6 is 0 Å². The molecule has 0 aromatic heterocycles. The van der Waals surface area contributed by atoms with Gasteiger partial charge in [-0.15, -0.1) is 0 Å². The fourth-order valence-electron chi connectivity index (χ4n) is 2.93. The van der Waals surface area contributed by atoms with Crippen LogP contribution in [0.2, 0.25) is 0 Å². The minimum absolute atomic E-state index is 0.554. The highest BCUT2D eigenvalue weighted by molar-refractivity contribution is 5.73. The summed E-state index contributed by atoms with van der Waals surface area (Å²) in [5.74, 6) is 1.52. The van der Waals surface area contributed by atoms with Gasteiger partial charge in [0.25, 0.3) is 0 Å². The van der Waals surface area contributed by atoms with Crippen molar-refractivity contribution in [2.75, 3.05) is 18.2 Å². The first-order valence-corrected chi connectivity index (χ1v) is 6.95. The Hall–Kier alpha value is -1.38. The van der Waals surface area contributed by atoms with Gasteiger partial charge in [0.1, 0.15) is 5.75 Å². The quantitative estimate of drug-likeness (QED) is 0.799. The van der Waals surface area contributed by atoms with Gasteiger partial charge in [-0.2, -0.15) is 0 Å². The van der Waals surface area contributed by atoms with Crippen LogP contribution in [0.25, 0.3) is 0 Å². The molecule has 1 fully saturated rings. The summed E-state index contributed by atoms with van der Waals surface area (Å²) in [6, 6.07) is 6.48. The first-order valence-electron chi connectivity index (χ1n) is 6.95. The summed E-state index contributed by atoms with van der Waals surface area (Å²) in [6.45, 7) is 2.28. The van der Waals surface area contributed by atoms with Crippen LogP contribution in [0.4, 0.5) is 11.4 Å². The largest absolute Gasteiger partial charge is 0.495 e. The van der Waals surface area contributed by atoms with Crippen molar-refractivity contribution >= 4 is 11.4 Å². The van der Waals surface area contributed by atoms with Gasteiger partial charge in [-0.1, -0.05) is 32.3 Å². The predicted molar refractivity (Wildman–Crippen MR) is 77.1 cm³/mol. The number of methoxy groups -OCH3 is 1. The molecule has 0 amide bonds. The van der Waals surface area contributed by atoms with Gasteiger partial charge in [-0.25, -0.2) is 0 Å². The van der Waals surface area contributed by atoms with Crippen molar-refractivity contribution in [1.29, 1.82) is 0 Å². The summed E-state index contributed by atoms with van der Waals surface area (Å²) in [5.41, 5.74) is 7.85. The summed E-state index contributed by atoms with van der Waals surface area (Å²) in [4.78, 5) is 0. The topological polar surface area (TPSA) is 47.3 Å². The number of nitrogens with one attached hydrogen (secondary N) is 1. The summed E-state index contributed by atoms with van der Waals surface area (Å²) in [6.07, 6.45) is 6.50. The molecular weight excluding hydrogens is 224 g/mol. The van der Waals surface area contributed by atoms with E-state index in [0.29, 0.717) is 6.04 Å². The molecule has 0 spiro atoms. The van der Waals surface area contributed by atoms with Crippen LogP contribution < -0.4 is 15.8 Å². The number of anilines is 2. The van der Waals surface area contributed by atoms with Crippen LogP contribution in [0.15, 0.2) is 18.2 Å². The van der Waals surface area contributed by atoms with Crippen molar-refractivity contribution in [2.45, 2.75) is 45.1 Å². The van der Waals surface area contributed by atoms with E-state index in [2.05, 4.69) is 12.2 Å². The Bertz CT molecular complexity index is 392. The summed E-state index contributed by atoms with van der Waals surface area (Å²) >= 11 is 0. The normalized spacial score (nSPS) is 23.7. The first-order chi connectivity index (χ1) is 8.76. The maximum Gasteiger partial charge on any atom is 0.143 e. The third kappa shape index (κ3) is 2.71. The molecule has 0 radical (unpaired) electrons. The number of nitrogen functional groups attached to an aromatic ring is 1. The Kier molecular flexibility index (Phi) is 4.34. The molecule has 0 heterocycles. The summed E-state index contributed by atoms with van der Waals surface area (Å²) in [7, 11) is 1.66. The van der Waals surface area contributed by atoms with Crippen LogP contribution in [0.3, 0.4) is 0 Å². The molecule has 2 atom stereocenters. The van der Waals surface area contributed by atoms with Crippen LogP contribution in [-0.4, -0.2) is 13.2 Å². The molecule has 1 aliphatic rings. The number of benzene rings is 1. The maximum absolute atomic E-state index is 6.11. The molecule has 1 aromatic carbocycles. The van der Waals surface area contributed by atoms with E-state index in [1.165, 1.54) is 32.1 Å². The molecule has 3 N–H and O–H groups in total. The molecule has 2 rings (SSSR count). The molecule has 3 heteroatoms. The van der Waals surface area contributed by atoms with E-state index in [4.69, 9.17) is 10.5 Å². The third-order valence-electron chi connectivity index (χ3n) is 4.06. The number of nitrogens with two attached hydrogens (primary N) is 1. The molecule has 0 aliphatic heterocycles. The lowest BCUT2D eigenvalue weighted by Crippen LogP contribution is -2.32. The molecule has 0 saturated heterocycles. The Morgan fingerprint density at radius 2 is 2.11 bits per heavy atom. The Morgan fingerprint density at radius 3 is 2.83 bits per heavy atom. The summed E-state index contributed by atoms with van der Waals surface area (Å²) in [5, 5.41) is 3.62. The Morgan fingerprint density at radius 1 is 1.33 bits per heavy atom. The predicted octanol–water partition coefficient (Wildman–Crippen LogP) is 3.66. The smallest absolute Gasteiger partial charge is 0.143 e. The van der Waals surface area contributed by atoms with E-state index in [-0.39, 0.29) is 0 Å². The minimum atomic E-state index is 0.554. The van der Waals surface area contributed by atoms with Crippen molar-refractivity contribution in [2.24, 2.45) is 5.92 Å². The van der Waals surface area contributed by atoms with Gasteiger partial charge in [0, 0.05) is 6.04 Å². The second kappa shape index (κ2) is 5.98. The molecule has 1 aliphatic carbocycles. The zero-order valence-electron chi connectivity index (χ0n) is 11.4. The summed E-state index contributed by atoms with van der Waals surface area (Å²) < 4.78 is 5.26. The van der Waals surface area contributed by atoms with Gasteiger partial charge in [-0.3, -0.25) is 0 Å². The second-order valence-electron chi connectivity index (χ2n) is 5.13. The molecule has 3 nitrogen and oxygen atoms in total. The second-order valence-corrected chi connectivity index (χ2v) is 5.13. The third-order valence-corrected chi connectivity index (χ3v) is 4.06. The maximum atomic E-state index is 6.11. The molecule has 1 saturated carbocycles. The average Bonchev–Trinajstić information content (AvgIpc) is 2.42. The minimum Gasteiger partial charge on any atom is -0.495 e. The Balaban J connectivity index is 2.12. The highest BCUT2D eigenvalue weighted by Crippen LogP contribution is 2.34. The van der Waals surface area contributed by atoms with Crippen molar-refractivity contribution in [3.05, 3.63) is 18.2 Å². The van der Waals surface area contributed by atoms with Gasteiger partial charge in [-0.05, 0) is 30.9 Å². The number of hydrogen-bond acceptors (Lipinski definition) is 3. The van der Waals surface area contributed by atoms with Crippen LogP contribution in [0, 0.1) is 5.92 Å². The fourth-order valence-corrected chi connectivity index (χ4v) is 2.93. The van der Waals surface area contributed by atoms with E-state index < -0.39 is 0 Å². The zero-order chi connectivity index (χ0) is 13.0. The van der Waals surface area contributed by atoms with E-state index in [1.807, 2.05) is 18.2 Å². The lowest BCUT2D eigenvalue weighted by atomic mass is 9.83. The van der Waals surface area contributed by atoms with E-state index in [1.54, 1.807) is 7.11 Å². The number of hydrogen-bond donors (Lipinski definition) is 2. The first kappa shape index (κ1) is 13.1. The van der Waals surface area contributed by atoms with Crippen molar-refractivity contribution in [3.8, 4) is 5.75 Å². The van der Waals surface area contributed by atoms with Gasteiger partial charge < -0.3 is 15.8 Å². The van der Waals surface area contributed by atoms with E-state index in [0.717, 1.165) is 23.0 Å². The number of rotatable bonds is 4. The SMILES string of the molecule is CCC1CCCCC1Nc1cccc(OC)c1N. The number of ether oxygens (including phenoxy) is 1. The highest BCUT2D eigenvalue weighted by Gasteiger charge is 2.24. The van der Waals surface area contributed by atoms with Crippen molar-refractivity contribution in [1.82, 2.24) is 0 Å². The average molecular weight is 248 g/mol. The van der Waals surface area contributed by atoms with Crippen molar-refractivity contribution < 1.29 is 4.74 Å². The van der Waals surface area contributed by atoms with Gasteiger partial charge in [0.05, 0.1) is 18.5 Å². The molecule has 2 unspecified atom stereocenters. The number of para-hydroxylation sites is 1. The van der Waals surface area contributed by atoms with Gasteiger partial charge >= 0.3 is 0 Å². The fraction of sp³-hybridized carbons (Fsp3) is 0.600. The van der Waals surface area contributed by atoms with Gasteiger partial charge in [0.15, 0.2) is 0 Å². The van der Waals surface area contributed by atoms with Crippen molar-refractivity contribution in [3.63, 3.8) is 0 Å². The van der Waals surface area contributed by atoms with Crippen LogP contribution in [-0.2, 0) is 0 Å². The monoisotopic (exact) mass is 248 g/mol. The molecule has 0 bridgehead atoms. The highest BCUT2D eigenvalue weighted by atomic mass is 16.5. The molecule has 18 heavy (non-hydrogen) atoms. The zero-order valence-corrected chi connectivity index (χ0v) is 11.4. The standard InChI is InChI=1S/C15H24N2O/c1-3-11-7-4-5-8-12(11)17-13-9-6-10-14(18-2)15(13)16/h6,9-12,17H,3-5,7-8,16H2,1-2H3. The molecular formula is C15H24N2O. The van der Waals surface area contributed by atoms with Crippen LogP contribution in [0.5, 0.6) is 5.75 Å². The van der Waals surface area contributed by atoms with E-state index >= 15 is 0 Å². The Labute approximate surface area is 110 Å². The van der Waals surface area contributed by atoms with E-state index in [9.17, 15) is 0 Å². The lowest BCUT2D eigenvalue weighted by Gasteiger charge is -2.32.